The number of hydrogen-bond donors (Lipinski definition) is 1. The van der Waals surface area contributed by atoms with E-state index >= 15 is 0 Å². The van der Waals surface area contributed by atoms with Gasteiger partial charge in [-0.15, -0.1) is 11.8 Å². The molecule has 82 valence electrons. The highest BCUT2D eigenvalue weighted by atomic mass is 79.9. The smallest absolute Gasteiger partial charge is 0.0963 e. The van der Waals surface area contributed by atoms with E-state index in [1.54, 1.807) is 18.0 Å². The molecular weight excluding hydrogens is 284 g/mol. The minimum atomic E-state index is 0.777. The summed E-state index contributed by atoms with van der Waals surface area (Å²) in [5, 5.41) is 1.02. The van der Waals surface area contributed by atoms with E-state index in [0.717, 1.165) is 20.9 Å². The summed E-state index contributed by atoms with van der Waals surface area (Å²) in [5.41, 5.74) is 7.79. The van der Waals surface area contributed by atoms with Crippen molar-refractivity contribution in [1.29, 1.82) is 0 Å². The van der Waals surface area contributed by atoms with Crippen LogP contribution >= 0.6 is 27.7 Å². The lowest BCUT2D eigenvalue weighted by molar-refractivity contribution is 1.13. The van der Waals surface area contributed by atoms with E-state index in [0.29, 0.717) is 0 Å². The van der Waals surface area contributed by atoms with Crippen LogP contribution in [0.4, 0.5) is 5.69 Å². The van der Waals surface area contributed by atoms with Gasteiger partial charge in [-0.05, 0) is 39.7 Å². The van der Waals surface area contributed by atoms with Crippen LogP contribution in [0.2, 0.25) is 0 Å². The van der Waals surface area contributed by atoms with Gasteiger partial charge in [0.25, 0.3) is 0 Å². The Morgan fingerprint density at radius 3 is 2.81 bits per heavy atom. The van der Waals surface area contributed by atoms with Crippen molar-refractivity contribution < 1.29 is 0 Å². The number of thioether (sulfide) groups is 1. The number of anilines is 1. The summed E-state index contributed by atoms with van der Waals surface area (Å²) in [5.74, 6) is 0.864. The number of nitrogens with zero attached hydrogens (tertiary/aromatic N) is 1. The molecular formula is C12H11BrN2S. The first-order valence-corrected chi connectivity index (χ1v) is 6.62. The largest absolute Gasteiger partial charge is 0.398 e. The van der Waals surface area contributed by atoms with Gasteiger partial charge < -0.3 is 5.73 Å². The Bertz CT molecular complexity index is 474. The molecule has 0 radical (unpaired) electrons. The molecule has 0 bridgehead atoms. The van der Waals surface area contributed by atoms with Crippen molar-refractivity contribution in [3.63, 3.8) is 0 Å². The van der Waals surface area contributed by atoms with Crippen molar-refractivity contribution in [1.82, 2.24) is 4.98 Å². The molecule has 4 heteroatoms. The van der Waals surface area contributed by atoms with E-state index < -0.39 is 0 Å². The maximum absolute atomic E-state index is 5.82. The topological polar surface area (TPSA) is 38.9 Å². The van der Waals surface area contributed by atoms with Crippen molar-refractivity contribution >= 4 is 33.4 Å². The lowest BCUT2D eigenvalue weighted by Gasteiger charge is -2.06. The number of hydrogen-bond acceptors (Lipinski definition) is 3. The molecule has 2 nitrogen and oxygen atoms in total. The predicted molar refractivity (Wildman–Crippen MR) is 72.4 cm³/mol. The van der Waals surface area contributed by atoms with Crippen LogP contribution < -0.4 is 5.73 Å². The number of aromatic nitrogens is 1. The van der Waals surface area contributed by atoms with Gasteiger partial charge in [0, 0.05) is 22.1 Å². The summed E-state index contributed by atoms with van der Waals surface area (Å²) in [4.78, 5) is 4.26. The molecule has 0 aliphatic rings. The molecule has 16 heavy (non-hydrogen) atoms. The second-order valence-corrected chi connectivity index (χ2v) is 5.07. The second-order valence-electron chi connectivity index (χ2n) is 3.28. The number of benzene rings is 1. The van der Waals surface area contributed by atoms with E-state index in [1.165, 1.54) is 5.56 Å². The standard InChI is InChI=1S/C12H11BrN2S/c13-12-9(4-3-5-10(12)14)8-16-11-6-1-2-7-15-11/h1-7H,8,14H2. The molecule has 0 saturated carbocycles. The highest BCUT2D eigenvalue weighted by Crippen LogP contribution is 2.29. The minimum absolute atomic E-state index is 0.777. The number of halogens is 1. The Morgan fingerprint density at radius 1 is 1.19 bits per heavy atom. The van der Waals surface area contributed by atoms with Crippen LogP contribution in [0.5, 0.6) is 0 Å². The number of rotatable bonds is 3. The van der Waals surface area contributed by atoms with Gasteiger partial charge in [0.05, 0.1) is 5.03 Å². The summed E-state index contributed by atoms with van der Waals surface area (Å²) in [6, 6.07) is 11.8. The Hall–Kier alpha value is -1.00. The average Bonchev–Trinajstić information content (AvgIpc) is 2.32. The first kappa shape index (κ1) is 11.5. The van der Waals surface area contributed by atoms with Crippen molar-refractivity contribution in [3.05, 3.63) is 52.6 Å². The number of nitrogens with two attached hydrogens (primary N) is 1. The third-order valence-corrected chi connectivity index (χ3v) is 4.08. The molecule has 1 aromatic heterocycles. The molecule has 1 aromatic carbocycles. The van der Waals surface area contributed by atoms with Gasteiger partial charge in [0.15, 0.2) is 0 Å². The molecule has 2 aromatic rings. The first-order valence-electron chi connectivity index (χ1n) is 4.84. The highest BCUT2D eigenvalue weighted by Gasteiger charge is 2.03. The zero-order valence-corrected chi connectivity index (χ0v) is 11.0. The van der Waals surface area contributed by atoms with Crippen molar-refractivity contribution in [2.24, 2.45) is 0 Å². The van der Waals surface area contributed by atoms with Crippen LogP contribution in [0, 0.1) is 0 Å². The molecule has 0 amide bonds. The van der Waals surface area contributed by atoms with Crippen LogP contribution in [-0.2, 0) is 5.75 Å². The first-order chi connectivity index (χ1) is 7.77. The maximum Gasteiger partial charge on any atom is 0.0963 e. The highest BCUT2D eigenvalue weighted by molar-refractivity contribution is 9.10. The fraction of sp³-hybridized carbons (Fsp3) is 0.0833. The van der Waals surface area contributed by atoms with Gasteiger partial charge in [0.2, 0.25) is 0 Å². The Balaban J connectivity index is 2.08. The molecule has 2 rings (SSSR count). The molecule has 0 aliphatic heterocycles. The van der Waals surface area contributed by atoms with Crippen LogP contribution in [0.25, 0.3) is 0 Å². The van der Waals surface area contributed by atoms with Gasteiger partial charge >= 0.3 is 0 Å². The Morgan fingerprint density at radius 2 is 2.06 bits per heavy atom. The number of nitrogen functional groups attached to an aromatic ring is 1. The zero-order chi connectivity index (χ0) is 11.4. The molecule has 0 spiro atoms. The summed E-state index contributed by atoms with van der Waals surface area (Å²) < 4.78 is 0.985. The van der Waals surface area contributed by atoms with Crippen LogP contribution in [0.3, 0.4) is 0 Å². The molecule has 0 aliphatic carbocycles. The second kappa shape index (κ2) is 5.37. The normalized spacial score (nSPS) is 10.3. The van der Waals surface area contributed by atoms with Crippen molar-refractivity contribution in [2.75, 3.05) is 5.73 Å². The maximum atomic E-state index is 5.82. The Labute approximate surface area is 107 Å². The number of pyridine rings is 1. The summed E-state index contributed by atoms with van der Waals surface area (Å²) in [6.45, 7) is 0. The molecule has 0 saturated heterocycles. The van der Waals surface area contributed by atoms with Gasteiger partial charge in [-0.1, -0.05) is 18.2 Å². The zero-order valence-electron chi connectivity index (χ0n) is 8.56. The Kier molecular flexibility index (Phi) is 3.85. The van der Waals surface area contributed by atoms with Gasteiger partial charge in [-0.25, -0.2) is 4.98 Å². The fourth-order valence-electron chi connectivity index (χ4n) is 1.30. The SMILES string of the molecule is Nc1cccc(CSc2ccccn2)c1Br. The van der Waals surface area contributed by atoms with Crippen LogP contribution in [0.15, 0.2) is 52.1 Å². The van der Waals surface area contributed by atoms with Crippen LogP contribution in [0.1, 0.15) is 5.56 Å². The average molecular weight is 295 g/mol. The lowest BCUT2D eigenvalue weighted by Crippen LogP contribution is -1.91. The third kappa shape index (κ3) is 2.77. The van der Waals surface area contributed by atoms with Gasteiger partial charge in [-0.3, -0.25) is 0 Å². The molecule has 0 atom stereocenters. The quantitative estimate of drug-likeness (QED) is 0.693. The van der Waals surface area contributed by atoms with E-state index in [1.807, 2.05) is 30.3 Å². The van der Waals surface area contributed by atoms with Crippen molar-refractivity contribution in [3.8, 4) is 0 Å². The van der Waals surface area contributed by atoms with Gasteiger partial charge in [-0.2, -0.15) is 0 Å². The fourth-order valence-corrected chi connectivity index (χ4v) is 2.74. The predicted octanol–water partition coefficient (Wildman–Crippen LogP) is 3.72. The monoisotopic (exact) mass is 294 g/mol. The summed E-state index contributed by atoms with van der Waals surface area (Å²) >= 11 is 5.19. The molecule has 0 unspecified atom stereocenters. The lowest BCUT2D eigenvalue weighted by atomic mass is 10.2. The molecule has 1 heterocycles. The van der Waals surface area contributed by atoms with Gasteiger partial charge in [0.1, 0.15) is 0 Å². The third-order valence-electron chi connectivity index (χ3n) is 2.12. The van der Waals surface area contributed by atoms with E-state index in [4.69, 9.17) is 5.73 Å². The van der Waals surface area contributed by atoms with E-state index in [9.17, 15) is 0 Å². The molecule has 0 fully saturated rings. The van der Waals surface area contributed by atoms with Crippen LogP contribution in [-0.4, -0.2) is 4.98 Å². The minimum Gasteiger partial charge on any atom is -0.398 e. The molecule has 2 N–H and O–H groups in total. The summed E-state index contributed by atoms with van der Waals surface area (Å²) in [6.07, 6.45) is 1.80. The van der Waals surface area contributed by atoms with Crippen molar-refractivity contribution in [2.45, 2.75) is 10.8 Å². The van der Waals surface area contributed by atoms with E-state index in [-0.39, 0.29) is 0 Å². The summed E-state index contributed by atoms with van der Waals surface area (Å²) in [7, 11) is 0. The van der Waals surface area contributed by atoms with E-state index in [2.05, 4.69) is 27.0 Å².